The number of fused-ring (bicyclic) bond motifs is 1. The van der Waals surface area contributed by atoms with E-state index in [1.165, 1.54) is 5.56 Å². The van der Waals surface area contributed by atoms with Crippen molar-refractivity contribution in [2.45, 2.75) is 58.1 Å². The van der Waals surface area contributed by atoms with Crippen LogP contribution in [0, 0.1) is 0 Å². The smallest absolute Gasteiger partial charge is 0.0954 e. The van der Waals surface area contributed by atoms with Crippen LogP contribution >= 0.6 is 0 Å². The lowest BCUT2D eigenvalue weighted by molar-refractivity contribution is 0.0171. The summed E-state index contributed by atoms with van der Waals surface area (Å²) in [5, 5.41) is 15.8. The number of hydrogen-bond acceptors (Lipinski definition) is 2. The molecule has 21 heavy (non-hydrogen) atoms. The topological polar surface area (TPSA) is 38.0 Å². The molecule has 1 N–H and O–H groups in total. The number of nitrogens with zero attached hydrogens (tertiary/aromatic N) is 2. The second-order valence-electron chi connectivity index (χ2n) is 6.02. The Morgan fingerprint density at radius 1 is 1.29 bits per heavy atom. The Balaban J connectivity index is 1.96. The van der Waals surface area contributed by atoms with Crippen LogP contribution in [0.1, 0.15) is 49.2 Å². The van der Waals surface area contributed by atoms with Crippen LogP contribution < -0.4 is 0 Å². The fourth-order valence-electron chi connectivity index (χ4n) is 3.49. The first-order valence-electron chi connectivity index (χ1n) is 8.02. The third-order valence-electron chi connectivity index (χ3n) is 4.60. The molecular weight excluding hydrogens is 260 g/mol. The van der Waals surface area contributed by atoms with E-state index in [1.807, 2.05) is 10.7 Å². The summed E-state index contributed by atoms with van der Waals surface area (Å²) >= 11 is 0. The summed E-state index contributed by atoms with van der Waals surface area (Å²) in [4.78, 5) is 0. The van der Waals surface area contributed by atoms with Gasteiger partial charge >= 0.3 is 0 Å². The highest BCUT2D eigenvalue weighted by Gasteiger charge is 2.35. The molecule has 112 valence electrons. The molecule has 0 bridgehead atoms. The molecule has 1 aromatic carbocycles. The van der Waals surface area contributed by atoms with Crippen molar-refractivity contribution in [3.8, 4) is 0 Å². The fraction of sp³-hybridized carbons (Fsp3) is 0.500. The summed E-state index contributed by atoms with van der Waals surface area (Å²) in [6.45, 7) is 5.08. The Bertz CT molecular complexity index is 632. The summed E-state index contributed by atoms with van der Waals surface area (Å²) in [5.74, 6) is 0. The third kappa shape index (κ3) is 2.62. The molecule has 1 heterocycles. The van der Waals surface area contributed by atoms with Crippen LogP contribution in [-0.4, -0.2) is 14.9 Å². The minimum Gasteiger partial charge on any atom is -0.385 e. The van der Waals surface area contributed by atoms with Crippen LogP contribution in [0.15, 0.2) is 30.3 Å². The molecule has 0 fully saturated rings. The Hall–Kier alpha value is -1.61. The molecular formula is C18H24N2O. The van der Waals surface area contributed by atoms with Gasteiger partial charge < -0.3 is 5.11 Å². The van der Waals surface area contributed by atoms with Gasteiger partial charge in [-0.3, -0.25) is 4.68 Å². The van der Waals surface area contributed by atoms with Crippen LogP contribution in [0.2, 0.25) is 0 Å². The SMILES string of the molecule is CCc1cc(CC2(O)CCCc3ccccc32)n(CC)n1. The van der Waals surface area contributed by atoms with Crippen LogP contribution in [-0.2, 0) is 31.4 Å². The Labute approximate surface area is 126 Å². The van der Waals surface area contributed by atoms with Gasteiger partial charge in [0.1, 0.15) is 0 Å². The van der Waals surface area contributed by atoms with E-state index in [-0.39, 0.29) is 0 Å². The standard InChI is InChI=1S/C18H24N2O/c1-3-15-12-16(20(4-2)19-15)13-18(21)11-7-9-14-8-5-6-10-17(14)18/h5-6,8,10,12,21H,3-4,7,9,11,13H2,1-2H3. The molecule has 3 heteroatoms. The first-order chi connectivity index (χ1) is 10.2. The monoisotopic (exact) mass is 284 g/mol. The van der Waals surface area contributed by atoms with Crippen molar-refractivity contribution < 1.29 is 5.11 Å². The van der Waals surface area contributed by atoms with Gasteiger partial charge in [0.05, 0.1) is 11.3 Å². The number of aliphatic hydroxyl groups is 1. The summed E-state index contributed by atoms with van der Waals surface area (Å²) in [6.07, 6.45) is 4.56. The van der Waals surface area contributed by atoms with Crippen molar-refractivity contribution in [2.24, 2.45) is 0 Å². The van der Waals surface area contributed by atoms with Gasteiger partial charge in [-0.2, -0.15) is 5.10 Å². The van der Waals surface area contributed by atoms with E-state index in [1.54, 1.807) is 0 Å². The molecule has 0 saturated carbocycles. The lowest BCUT2D eigenvalue weighted by Gasteiger charge is -2.34. The summed E-state index contributed by atoms with van der Waals surface area (Å²) in [6, 6.07) is 10.5. The first-order valence-corrected chi connectivity index (χ1v) is 8.02. The van der Waals surface area contributed by atoms with E-state index in [0.717, 1.165) is 49.2 Å². The van der Waals surface area contributed by atoms with Gasteiger partial charge in [0.2, 0.25) is 0 Å². The highest BCUT2D eigenvalue weighted by atomic mass is 16.3. The molecule has 0 amide bonds. The minimum atomic E-state index is -0.743. The summed E-state index contributed by atoms with van der Waals surface area (Å²) < 4.78 is 2.04. The average molecular weight is 284 g/mol. The molecule has 2 aromatic rings. The molecule has 1 aliphatic carbocycles. The van der Waals surface area contributed by atoms with Crippen LogP contribution in [0.25, 0.3) is 0 Å². The van der Waals surface area contributed by atoms with Gasteiger partial charge in [-0.05, 0) is 49.8 Å². The van der Waals surface area contributed by atoms with E-state index < -0.39 is 5.60 Å². The Morgan fingerprint density at radius 2 is 2.10 bits per heavy atom. The predicted molar refractivity (Wildman–Crippen MR) is 84.3 cm³/mol. The van der Waals surface area contributed by atoms with E-state index in [9.17, 15) is 5.11 Å². The first kappa shape index (κ1) is 14.3. The van der Waals surface area contributed by atoms with Gasteiger partial charge in [-0.1, -0.05) is 31.2 Å². The van der Waals surface area contributed by atoms with Crippen molar-refractivity contribution in [2.75, 3.05) is 0 Å². The molecule has 1 unspecified atom stereocenters. The maximum Gasteiger partial charge on any atom is 0.0954 e. The molecule has 1 atom stereocenters. The van der Waals surface area contributed by atoms with Crippen molar-refractivity contribution in [1.82, 2.24) is 9.78 Å². The lowest BCUT2D eigenvalue weighted by atomic mass is 9.76. The van der Waals surface area contributed by atoms with Crippen LogP contribution in [0.3, 0.4) is 0 Å². The Morgan fingerprint density at radius 3 is 2.86 bits per heavy atom. The predicted octanol–water partition coefficient (Wildman–Crippen LogP) is 3.23. The minimum absolute atomic E-state index is 0.658. The van der Waals surface area contributed by atoms with E-state index in [2.05, 4.69) is 43.2 Å². The van der Waals surface area contributed by atoms with Gasteiger partial charge in [0.15, 0.2) is 0 Å². The number of aryl methyl sites for hydroxylation is 3. The third-order valence-corrected chi connectivity index (χ3v) is 4.60. The normalized spacial score (nSPS) is 21.3. The molecule has 1 aliphatic rings. The molecule has 0 aliphatic heterocycles. The molecule has 3 nitrogen and oxygen atoms in total. The lowest BCUT2D eigenvalue weighted by Crippen LogP contribution is -2.33. The highest BCUT2D eigenvalue weighted by molar-refractivity contribution is 5.36. The zero-order valence-corrected chi connectivity index (χ0v) is 13.0. The van der Waals surface area contributed by atoms with E-state index >= 15 is 0 Å². The van der Waals surface area contributed by atoms with Crippen molar-refractivity contribution in [3.63, 3.8) is 0 Å². The molecule has 0 saturated heterocycles. The zero-order valence-electron chi connectivity index (χ0n) is 13.0. The van der Waals surface area contributed by atoms with Gasteiger partial charge in [-0.15, -0.1) is 0 Å². The largest absolute Gasteiger partial charge is 0.385 e. The maximum absolute atomic E-state index is 11.2. The molecule has 3 rings (SSSR count). The van der Waals surface area contributed by atoms with Crippen molar-refractivity contribution >= 4 is 0 Å². The molecule has 0 spiro atoms. The summed E-state index contributed by atoms with van der Waals surface area (Å²) in [7, 11) is 0. The van der Waals surface area contributed by atoms with E-state index in [4.69, 9.17) is 0 Å². The van der Waals surface area contributed by atoms with Gasteiger partial charge in [0.25, 0.3) is 0 Å². The van der Waals surface area contributed by atoms with Gasteiger partial charge in [-0.25, -0.2) is 0 Å². The Kier molecular flexibility index (Phi) is 3.85. The zero-order chi connectivity index (χ0) is 14.9. The number of aromatic nitrogens is 2. The molecule has 0 radical (unpaired) electrons. The second-order valence-corrected chi connectivity index (χ2v) is 6.02. The average Bonchev–Trinajstić information content (AvgIpc) is 2.89. The fourth-order valence-corrected chi connectivity index (χ4v) is 3.49. The molecule has 1 aromatic heterocycles. The highest BCUT2D eigenvalue weighted by Crippen LogP contribution is 2.37. The maximum atomic E-state index is 11.2. The quantitative estimate of drug-likeness (QED) is 0.936. The van der Waals surface area contributed by atoms with Crippen LogP contribution in [0.5, 0.6) is 0 Å². The van der Waals surface area contributed by atoms with Gasteiger partial charge in [0, 0.05) is 18.7 Å². The summed E-state index contributed by atoms with van der Waals surface area (Å²) in [5.41, 5.74) is 3.92. The van der Waals surface area contributed by atoms with Crippen molar-refractivity contribution in [1.29, 1.82) is 0 Å². The van der Waals surface area contributed by atoms with Crippen molar-refractivity contribution in [3.05, 3.63) is 52.8 Å². The van der Waals surface area contributed by atoms with Crippen LogP contribution in [0.4, 0.5) is 0 Å². The van der Waals surface area contributed by atoms with E-state index in [0.29, 0.717) is 6.42 Å². The second kappa shape index (κ2) is 5.64. The number of hydrogen-bond donors (Lipinski definition) is 1. The number of rotatable bonds is 4. The number of benzene rings is 1.